The van der Waals surface area contributed by atoms with Crippen molar-refractivity contribution >= 4 is 50.9 Å². The Morgan fingerprint density at radius 2 is 1.80 bits per heavy atom. The zero-order chi connectivity index (χ0) is 20.8. The van der Waals surface area contributed by atoms with E-state index in [1.54, 1.807) is 18.4 Å². The van der Waals surface area contributed by atoms with Gasteiger partial charge in [-0.25, -0.2) is 0 Å². The van der Waals surface area contributed by atoms with E-state index in [0.717, 1.165) is 38.7 Å². The number of benzene rings is 3. The summed E-state index contributed by atoms with van der Waals surface area (Å²) in [5.74, 6) is 0.306. The molecule has 3 aromatic carbocycles. The molecule has 2 aromatic heterocycles. The minimum Gasteiger partial charge on any atom is -0.464 e. The van der Waals surface area contributed by atoms with Crippen molar-refractivity contribution in [3.8, 4) is 11.3 Å². The largest absolute Gasteiger partial charge is 0.464 e. The Morgan fingerprint density at radius 1 is 0.967 bits per heavy atom. The molecule has 5 aromatic rings. The molecule has 0 fully saturated rings. The van der Waals surface area contributed by atoms with E-state index in [-0.39, 0.29) is 0 Å². The van der Waals surface area contributed by atoms with Crippen molar-refractivity contribution in [2.75, 3.05) is 0 Å². The summed E-state index contributed by atoms with van der Waals surface area (Å²) in [6, 6.07) is 21.0. The number of hydrogen-bond acceptors (Lipinski definition) is 2. The molecule has 6 heteroatoms. The van der Waals surface area contributed by atoms with Crippen molar-refractivity contribution in [3.05, 3.63) is 94.2 Å². The quantitative estimate of drug-likeness (QED) is 0.350. The van der Waals surface area contributed by atoms with Gasteiger partial charge in [-0.05, 0) is 42.0 Å². The van der Waals surface area contributed by atoms with Crippen LogP contribution >= 0.6 is 23.2 Å². The van der Waals surface area contributed by atoms with Crippen molar-refractivity contribution in [2.45, 2.75) is 6.54 Å². The van der Waals surface area contributed by atoms with Crippen LogP contribution in [0.5, 0.6) is 0 Å². The maximum atomic E-state index is 12.1. The van der Waals surface area contributed by atoms with Crippen molar-refractivity contribution < 1.29 is 9.21 Å². The highest BCUT2D eigenvalue weighted by Crippen LogP contribution is 2.36. The molecule has 0 aliphatic rings. The van der Waals surface area contributed by atoms with Gasteiger partial charge in [0.15, 0.2) is 0 Å². The molecule has 5 rings (SSSR count). The second kappa shape index (κ2) is 7.24. The van der Waals surface area contributed by atoms with E-state index >= 15 is 0 Å². The maximum Gasteiger partial charge on any atom is 0.249 e. The summed E-state index contributed by atoms with van der Waals surface area (Å²) in [5, 5.41) is 2.78. The molecule has 0 spiro atoms. The van der Waals surface area contributed by atoms with Crippen molar-refractivity contribution in [1.82, 2.24) is 4.57 Å². The summed E-state index contributed by atoms with van der Waals surface area (Å²) in [6.07, 6.45) is 1.64. The molecule has 0 atom stereocenters. The van der Waals surface area contributed by atoms with E-state index in [4.69, 9.17) is 33.4 Å². The van der Waals surface area contributed by atoms with E-state index in [1.165, 1.54) is 0 Å². The first kappa shape index (κ1) is 18.8. The van der Waals surface area contributed by atoms with Gasteiger partial charge in [-0.1, -0.05) is 53.5 Å². The molecule has 4 nitrogen and oxygen atoms in total. The molecule has 0 bridgehead atoms. The Balaban J connectivity index is 1.83. The Hall–Kier alpha value is -3.21. The molecule has 0 saturated heterocycles. The number of halogens is 2. The van der Waals surface area contributed by atoms with Crippen LogP contribution in [-0.4, -0.2) is 10.5 Å². The van der Waals surface area contributed by atoms with Crippen molar-refractivity contribution in [3.63, 3.8) is 0 Å². The predicted molar refractivity (Wildman–Crippen MR) is 121 cm³/mol. The van der Waals surface area contributed by atoms with Crippen LogP contribution < -0.4 is 5.73 Å². The normalized spacial score (nSPS) is 11.4. The van der Waals surface area contributed by atoms with Crippen LogP contribution in [-0.2, 0) is 6.54 Å². The molecule has 0 radical (unpaired) electrons. The molecule has 2 heterocycles. The lowest BCUT2D eigenvalue weighted by molar-refractivity contribution is 0.100. The van der Waals surface area contributed by atoms with Crippen LogP contribution in [0.4, 0.5) is 0 Å². The fourth-order valence-electron chi connectivity index (χ4n) is 3.96. The SMILES string of the molecule is NC(=O)c1cccc2c1c1ccc(-c3ccco3)cc1n2Cc1cccc(Cl)c1Cl. The summed E-state index contributed by atoms with van der Waals surface area (Å²) >= 11 is 12.7. The van der Waals surface area contributed by atoms with Crippen LogP contribution in [0, 0.1) is 0 Å². The second-order valence-corrected chi connectivity index (χ2v) is 7.86. The average molecular weight is 435 g/mol. The first-order valence-corrected chi connectivity index (χ1v) is 10.1. The smallest absolute Gasteiger partial charge is 0.249 e. The number of carbonyl (C=O) groups is 1. The number of aromatic nitrogens is 1. The van der Waals surface area contributed by atoms with Gasteiger partial charge in [-0.2, -0.15) is 0 Å². The molecule has 0 unspecified atom stereocenters. The molecule has 30 heavy (non-hydrogen) atoms. The number of fused-ring (bicyclic) bond motifs is 3. The molecular weight excluding hydrogens is 419 g/mol. The molecule has 2 N–H and O–H groups in total. The van der Waals surface area contributed by atoms with Crippen molar-refractivity contribution in [2.24, 2.45) is 5.73 Å². The van der Waals surface area contributed by atoms with Crippen molar-refractivity contribution in [1.29, 1.82) is 0 Å². The Labute approximate surface area is 182 Å². The topological polar surface area (TPSA) is 61.2 Å². The minimum atomic E-state index is -0.462. The first-order valence-electron chi connectivity index (χ1n) is 9.36. The van der Waals surface area contributed by atoms with E-state index in [1.807, 2.05) is 48.5 Å². The first-order chi connectivity index (χ1) is 14.5. The zero-order valence-electron chi connectivity index (χ0n) is 15.7. The highest BCUT2D eigenvalue weighted by atomic mass is 35.5. The Bertz CT molecular complexity index is 1420. The lowest BCUT2D eigenvalue weighted by Gasteiger charge is -2.11. The number of rotatable bonds is 4. The van der Waals surface area contributed by atoms with E-state index in [2.05, 4.69) is 10.6 Å². The number of furan rings is 1. The molecule has 1 amide bonds. The monoisotopic (exact) mass is 434 g/mol. The van der Waals surface area contributed by atoms with Gasteiger partial charge in [0.25, 0.3) is 0 Å². The summed E-state index contributed by atoms with van der Waals surface area (Å²) in [7, 11) is 0. The standard InChI is InChI=1S/C24H16Cl2N2O2/c25-18-6-1-4-15(23(18)26)13-28-19-7-2-5-17(24(27)29)22(19)16-10-9-14(12-20(16)28)21-8-3-11-30-21/h1-12H,13H2,(H2,27,29). The van der Waals surface area contributed by atoms with Gasteiger partial charge >= 0.3 is 0 Å². The van der Waals surface area contributed by atoms with E-state index in [9.17, 15) is 4.79 Å². The Morgan fingerprint density at radius 3 is 2.57 bits per heavy atom. The van der Waals surface area contributed by atoms with Gasteiger partial charge < -0.3 is 14.7 Å². The van der Waals surface area contributed by atoms with Gasteiger partial charge in [0, 0.05) is 28.4 Å². The molecular formula is C24H16Cl2N2O2. The number of hydrogen-bond donors (Lipinski definition) is 1. The third kappa shape index (κ3) is 2.96. The second-order valence-electron chi connectivity index (χ2n) is 7.07. The van der Waals surface area contributed by atoms with E-state index < -0.39 is 5.91 Å². The number of primary amides is 1. The van der Waals surface area contributed by atoms with Crippen LogP contribution in [0.15, 0.2) is 77.4 Å². The lowest BCUT2D eigenvalue weighted by Crippen LogP contribution is -2.11. The maximum absolute atomic E-state index is 12.1. The third-order valence-electron chi connectivity index (χ3n) is 5.32. The number of amides is 1. The number of carbonyl (C=O) groups excluding carboxylic acids is 1. The fourth-order valence-corrected chi connectivity index (χ4v) is 4.34. The highest BCUT2D eigenvalue weighted by Gasteiger charge is 2.18. The molecule has 0 aliphatic heterocycles. The summed E-state index contributed by atoms with van der Waals surface area (Å²) in [4.78, 5) is 12.1. The molecule has 0 aliphatic carbocycles. The Kier molecular flexibility index (Phi) is 4.54. The summed E-state index contributed by atoms with van der Waals surface area (Å²) in [6.45, 7) is 0.489. The lowest BCUT2D eigenvalue weighted by atomic mass is 10.0. The summed E-state index contributed by atoms with van der Waals surface area (Å²) in [5.41, 5.74) is 9.84. The zero-order valence-corrected chi connectivity index (χ0v) is 17.2. The van der Waals surface area contributed by atoms with Crippen LogP contribution in [0.2, 0.25) is 10.0 Å². The van der Waals surface area contributed by atoms with E-state index in [0.29, 0.717) is 22.2 Å². The average Bonchev–Trinajstić information content (AvgIpc) is 3.38. The minimum absolute atomic E-state index is 0.462. The van der Waals surface area contributed by atoms with Gasteiger partial charge in [-0.15, -0.1) is 0 Å². The van der Waals surface area contributed by atoms with Gasteiger partial charge in [0.2, 0.25) is 5.91 Å². The summed E-state index contributed by atoms with van der Waals surface area (Å²) < 4.78 is 7.70. The molecule has 148 valence electrons. The van der Waals surface area contributed by atoms with Crippen LogP contribution in [0.1, 0.15) is 15.9 Å². The van der Waals surface area contributed by atoms with Gasteiger partial charge in [-0.3, -0.25) is 4.79 Å². The van der Waals surface area contributed by atoms with Crippen LogP contribution in [0.25, 0.3) is 33.1 Å². The number of nitrogens with zero attached hydrogens (tertiary/aromatic N) is 1. The van der Waals surface area contributed by atoms with Gasteiger partial charge in [0.05, 0.1) is 27.3 Å². The third-order valence-corrected chi connectivity index (χ3v) is 6.18. The highest BCUT2D eigenvalue weighted by molar-refractivity contribution is 6.42. The van der Waals surface area contributed by atoms with Gasteiger partial charge in [0.1, 0.15) is 5.76 Å². The fraction of sp³-hybridized carbons (Fsp3) is 0.0417. The molecule has 0 saturated carbocycles. The number of nitrogens with two attached hydrogens (primary N) is 1. The van der Waals surface area contributed by atoms with Crippen LogP contribution in [0.3, 0.4) is 0 Å². The predicted octanol–water partition coefficient (Wildman–Crippen LogP) is 6.51.